The lowest BCUT2D eigenvalue weighted by molar-refractivity contribution is -0.111. The highest BCUT2D eigenvalue weighted by Gasteiger charge is 2.26. The molecule has 0 spiro atoms. The first-order chi connectivity index (χ1) is 8.84. The fourth-order valence-corrected chi connectivity index (χ4v) is 3.01. The van der Waals surface area contributed by atoms with Gasteiger partial charge < -0.3 is 0 Å². The highest BCUT2D eigenvalue weighted by molar-refractivity contribution is 6.13. The van der Waals surface area contributed by atoms with Crippen molar-refractivity contribution in [2.45, 2.75) is 38.5 Å². The minimum atomic E-state index is 0.316. The van der Waals surface area contributed by atoms with Crippen molar-refractivity contribution in [3.05, 3.63) is 52.6 Å². The maximum absolute atomic E-state index is 12.4. The van der Waals surface area contributed by atoms with Crippen molar-refractivity contribution in [3.63, 3.8) is 0 Å². The van der Waals surface area contributed by atoms with Crippen molar-refractivity contribution in [1.82, 2.24) is 0 Å². The number of carbonyl (C=O) groups excluding carboxylic acids is 1. The third kappa shape index (κ3) is 2.17. The van der Waals surface area contributed by atoms with Gasteiger partial charge in [-0.1, -0.05) is 35.9 Å². The number of Topliss-reactive ketones (excluding diaryl/α,β-unsaturated/α-hetero) is 1. The Kier molecular flexibility index (Phi) is 3.14. The van der Waals surface area contributed by atoms with Gasteiger partial charge in [-0.15, -0.1) is 0 Å². The molecule has 3 rings (SSSR count). The van der Waals surface area contributed by atoms with Crippen LogP contribution in [0.1, 0.15) is 44.1 Å². The fraction of sp³-hybridized carbons (Fsp3) is 0.353. The monoisotopic (exact) mass is 238 g/mol. The molecule has 92 valence electrons. The van der Waals surface area contributed by atoms with E-state index < -0.39 is 0 Å². The van der Waals surface area contributed by atoms with E-state index in [0.717, 1.165) is 42.4 Å². The van der Waals surface area contributed by atoms with E-state index in [1.165, 1.54) is 18.4 Å². The molecule has 1 heteroatoms. The zero-order valence-corrected chi connectivity index (χ0v) is 10.6. The van der Waals surface area contributed by atoms with E-state index in [1.807, 2.05) is 18.2 Å². The summed E-state index contributed by atoms with van der Waals surface area (Å²) in [6, 6.07) is 10.1. The minimum absolute atomic E-state index is 0.316. The number of rotatable bonds is 1. The Hall–Kier alpha value is -1.63. The van der Waals surface area contributed by atoms with Crippen LogP contribution in [0.25, 0.3) is 6.08 Å². The van der Waals surface area contributed by atoms with Gasteiger partial charge in [0.05, 0.1) is 0 Å². The molecule has 1 aromatic carbocycles. The second kappa shape index (κ2) is 4.93. The first-order valence-electron chi connectivity index (χ1n) is 6.86. The van der Waals surface area contributed by atoms with Crippen LogP contribution < -0.4 is 0 Å². The third-order valence-corrected chi connectivity index (χ3v) is 3.98. The van der Waals surface area contributed by atoms with Gasteiger partial charge in [0, 0.05) is 5.57 Å². The second-order valence-electron chi connectivity index (χ2n) is 5.20. The fourth-order valence-electron chi connectivity index (χ4n) is 3.01. The summed E-state index contributed by atoms with van der Waals surface area (Å²) in [7, 11) is 0. The van der Waals surface area contributed by atoms with Gasteiger partial charge in [0.15, 0.2) is 5.78 Å². The van der Waals surface area contributed by atoms with Crippen molar-refractivity contribution in [3.8, 4) is 0 Å². The Morgan fingerprint density at radius 3 is 2.33 bits per heavy atom. The third-order valence-electron chi connectivity index (χ3n) is 3.98. The maximum Gasteiger partial charge on any atom is 0.184 e. The van der Waals surface area contributed by atoms with Gasteiger partial charge in [-0.05, 0) is 55.7 Å². The van der Waals surface area contributed by atoms with Crippen molar-refractivity contribution >= 4 is 11.9 Å². The van der Waals surface area contributed by atoms with Gasteiger partial charge >= 0.3 is 0 Å². The van der Waals surface area contributed by atoms with Crippen molar-refractivity contribution in [1.29, 1.82) is 0 Å². The summed E-state index contributed by atoms with van der Waals surface area (Å²) in [4.78, 5) is 12.4. The van der Waals surface area contributed by atoms with Gasteiger partial charge in [0.1, 0.15) is 0 Å². The molecule has 0 N–H and O–H groups in total. The number of hydrogen-bond donors (Lipinski definition) is 0. The second-order valence-corrected chi connectivity index (χ2v) is 5.20. The topological polar surface area (TPSA) is 17.1 Å². The smallest absolute Gasteiger partial charge is 0.184 e. The highest BCUT2D eigenvalue weighted by Crippen LogP contribution is 2.36. The molecule has 0 saturated heterocycles. The Morgan fingerprint density at radius 1 is 0.889 bits per heavy atom. The van der Waals surface area contributed by atoms with Gasteiger partial charge in [-0.3, -0.25) is 4.79 Å². The van der Waals surface area contributed by atoms with Crippen LogP contribution in [0.3, 0.4) is 0 Å². The number of carbonyl (C=O) groups is 1. The maximum atomic E-state index is 12.4. The SMILES string of the molecule is O=C1C(=C2CCCC2)CC/C1=C\c1ccccc1. The summed E-state index contributed by atoms with van der Waals surface area (Å²) in [6.07, 6.45) is 8.79. The lowest BCUT2D eigenvalue weighted by atomic mass is 10.0. The predicted molar refractivity (Wildman–Crippen MR) is 74.2 cm³/mol. The molecule has 0 amide bonds. The lowest BCUT2D eigenvalue weighted by Crippen LogP contribution is -1.98. The molecule has 2 saturated carbocycles. The molecule has 0 bridgehead atoms. The first kappa shape index (κ1) is 11.5. The van der Waals surface area contributed by atoms with Crippen LogP contribution in [0.2, 0.25) is 0 Å². The Bertz CT molecular complexity index is 512. The molecular weight excluding hydrogens is 220 g/mol. The molecule has 0 heterocycles. The molecule has 18 heavy (non-hydrogen) atoms. The van der Waals surface area contributed by atoms with Crippen molar-refractivity contribution in [2.75, 3.05) is 0 Å². The van der Waals surface area contributed by atoms with E-state index in [9.17, 15) is 4.79 Å². The molecule has 0 unspecified atom stereocenters. The number of benzene rings is 1. The van der Waals surface area contributed by atoms with E-state index in [1.54, 1.807) is 0 Å². The molecule has 2 aliphatic rings. The van der Waals surface area contributed by atoms with Crippen LogP contribution in [0.5, 0.6) is 0 Å². The Morgan fingerprint density at radius 2 is 1.61 bits per heavy atom. The number of ketones is 1. The number of hydrogen-bond acceptors (Lipinski definition) is 1. The Labute approximate surface area is 108 Å². The van der Waals surface area contributed by atoms with E-state index in [2.05, 4.69) is 18.2 Å². The molecule has 0 atom stereocenters. The molecule has 0 aromatic heterocycles. The summed E-state index contributed by atoms with van der Waals surface area (Å²) < 4.78 is 0. The van der Waals surface area contributed by atoms with Crippen LogP contribution in [0.4, 0.5) is 0 Å². The quantitative estimate of drug-likeness (QED) is 0.666. The molecule has 0 radical (unpaired) electrons. The summed E-state index contributed by atoms with van der Waals surface area (Å²) in [5.41, 5.74) is 4.71. The van der Waals surface area contributed by atoms with E-state index in [0.29, 0.717) is 5.78 Å². The van der Waals surface area contributed by atoms with Crippen LogP contribution >= 0.6 is 0 Å². The zero-order chi connectivity index (χ0) is 12.4. The summed E-state index contributed by atoms with van der Waals surface area (Å²) in [6.45, 7) is 0. The molecule has 2 aliphatic carbocycles. The van der Waals surface area contributed by atoms with Crippen molar-refractivity contribution in [2.24, 2.45) is 0 Å². The summed E-state index contributed by atoms with van der Waals surface area (Å²) >= 11 is 0. The van der Waals surface area contributed by atoms with Gasteiger partial charge in [-0.2, -0.15) is 0 Å². The lowest BCUT2D eigenvalue weighted by Gasteiger charge is -2.01. The molecule has 1 nitrogen and oxygen atoms in total. The van der Waals surface area contributed by atoms with Gasteiger partial charge in [0.25, 0.3) is 0 Å². The highest BCUT2D eigenvalue weighted by atomic mass is 16.1. The van der Waals surface area contributed by atoms with Crippen LogP contribution in [0, 0.1) is 0 Å². The molecular formula is C17H18O. The normalized spacial score (nSPS) is 22.2. The van der Waals surface area contributed by atoms with Gasteiger partial charge in [0.2, 0.25) is 0 Å². The molecule has 1 aromatic rings. The standard InChI is InChI=1S/C17H18O/c18-17-15(12-13-6-2-1-3-7-13)10-11-16(17)14-8-4-5-9-14/h1-3,6-7,12H,4-5,8-11H2/b15-12+. The molecule has 2 fully saturated rings. The molecule has 0 aliphatic heterocycles. The number of allylic oxidation sites excluding steroid dienone is 3. The van der Waals surface area contributed by atoms with E-state index >= 15 is 0 Å². The van der Waals surface area contributed by atoms with Crippen LogP contribution in [0.15, 0.2) is 47.1 Å². The average molecular weight is 238 g/mol. The first-order valence-corrected chi connectivity index (χ1v) is 6.86. The van der Waals surface area contributed by atoms with Crippen molar-refractivity contribution < 1.29 is 4.79 Å². The summed E-state index contributed by atoms with van der Waals surface area (Å²) in [5.74, 6) is 0.316. The van der Waals surface area contributed by atoms with Crippen LogP contribution in [-0.4, -0.2) is 5.78 Å². The summed E-state index contributed by atoms with van der Waals surface area (Å²) in [5, 5.41) is 0. The Balaban J connectivity index is 1.87. The van der Waals surface area contributed by atoms with E-state index in [-0.39, 0.29) is 0 Å². The largest absolute Gasteiger partial charge is 0.289 e. The average Bonchev–Trinajstić information content (AvgIpc) is 3.02. The van der Waals surface area contributed by atoms with Crippen LogP contribution in [-0.2, 0) is 4.79 Å². The predicted octanol–water partition coefficient (Wildman–Crippen LogP) is 4.30. The van der Waals surface area contributed by atoms with Gasteiger partial charge in [-0.25, -0.2) is 0 Å². The minimum Gasteiger partial charge on any atom is -0.289 e. The zero-order valence-electron chi connectivity index (χ0n) is 10.6. The van der Waals surface area contributed by atoms with E-state index in [4.69, 9.17) is 0 Å².